The number of ether oxygens (including phenoxy) is 1. The van der Waals surface area contributed by atoms with Crippen LogP contribution in [0.25, 0.3) is 5.70 Å². The predicted octanol–water partition coefficient (Wildman–Crippen LogP) is 3.94. The minimum Gasteiger partial charge on any atom is -0.480 e. The first-order valence-corrected chi connectivity index (χ1v) is 9.82. The molecule has 1 N–H and O–H groups in total. The summed E-state index contributed by atoms with van der Waals surface area (Å²) in [6.45, 7) is 2.11. The Bertz CT molecular complexity index is 1280. The number of nitrogens with zero attached hydrogens (tertiary/aromatic N) is 5. The second kappa shape index (κ2) is 6.52. The van der Waals surface area contributed by atoms with Crippen LogP contribution in [0.1, 0.15) is 34.4 Å². The maximum absolute atomic E-state index is 6.61. The number of para-hydroxylation sites is 1. The van der Waals surface area contributed by atoms with Gasteiger partial charge in [0.1, 0.15) is 17.9 Å². The van der Waals surface area contributed by atoms with E-state index in [2.05, 4.69) is 57.0 Å². The lowest BCUT2D eigenvalue weighted by atomic mass is 9.84. The number of anilines is 1. The first-order chi connectivity index (χ1) is 14.8. The van der Waals surface area contributed by atoms with Gasteiger partial charge in [-0.2, -0.15) is 4.68 Å². The van der Waals surface area contributed by atoms with E-state index >= 15 is 0 Å². The Labute approximate surface area is 173 Å². The monoisotopic (exact) mass is 394 g/mol. The van der Waals surface area contributed by atoms with Gasteiger partial charge in [0.05, 0.1) is 5.70 Å². The van der Waals surface area contributed by atoms with Crippen LogP contribution >= 0.6 is 0 Å². The molecule has 2 aliphatic heterocycles. The van der Waals surface area contributed by atoms with Crippen LogP contribution in [-0.4, -0.2) is 25.2 Å². The van der Waals surface area contributed by atoms with Gasteiger partial charge < -0.3 is 10.1 Å². The highest BCUT2D eigenvalue weighted by Gasteiger charge is 2.41. The van der Waals surface area contributed by atoms with Crippen molar-refractivity contribution in [2.45, 2.75) is 19.1 Å². The number of hydrogen-bond acceptors (Lipinski definition) is 6. The fourth-order valence-corrected chi connectivity index (χ4v) is 4.34. The summed E-state index contributed by atoms with van der Waals surface area (Å²) in [6, 6.07) is 20.1. The van der Waals surface area contributed by atoms with E-state index in [1.165, 1.54) is 5.56 Å². The highest BCUT2D eigenvalue weighted by molar-refractivity contribution is 5.85. The van der Waals surface area contributed by atoms with Gasteiger partial charge in [-0.3, -0.25) is 4.98 Å². The molecule has 2 aliphatic rings. The first-order valence-electron chi connectivity index (χ1n) is 9.82. The Hall–Kier alpha value is -4.00. The lowest BCUT2D eigenvalue weighted by Crippen LogP contribution is -2.32. The van der Waals surface area contributed by atoms with E-state index in [4.69, 9.17) is 4.74 Å². The number of fused-ring (bicyclic) bond motifs is 3. The molecule has 30 heavy (non-hydrogen) atoms. The van der Waals surface area contributed by atoms with Crippen LogP contribution in [0.5, 0.6) is 5.75 Å². The van der Waals surface area contributed by atoms with E-state index in [1.807, 2.05) is 42.6 Å². The van der Waals surface area contributed by atoms with Gasteiger partial charge in [-0.05, 0) is 52.2 Å². The molecule has 0 unspecified atom stereocenters. The van der Waals surface area contributed by atoms with Gasteiger partial charge >= 0.3 is 0 Å². The zero-order valence-electron chi connectivity index (χ0n) is 16.2. The van der Waals surface area contributed by atoms with Gasteiger partial charge in [-0.1, -0.05) is 47.6 Å². The van der Waals surface area contributed by atoms with E-state index in [-0.39, 0.29) is 12.1 Å². The van der Waals surface area contributed by atoms with Gasteiger partial charge in [0.25, 0.3) is 0 Å². The fraction of sp³-hybridized carbons (Fsp3) is 0.130. The van der Waals surface area contributed by atoms with Crippen molar-refractivity contribution in [1.29, 1.82) is 0 Å². The summed E-state index contributed by atoms with van der Waals surface area (Å²) in [5.74, 6) is 1.44. The molecule has 0 amide bonds. The smallest absolute Gasteiger partial charge is 0.248 e. The van der Waals surface area contributed by atoms with Crippen molar-refractivity contribution in [2.24, 2.45) is 0 Å². The van der Waals surface area contributed by atoms with Crippen molar-refractivity contribution in [3.8, 4) is 5.75 Å². The van der Waals surface area contributed by atoms with Gasteiger partial charge in [0, 0.05) is 23.5 Å². The SMILES string of the molecule is Cc1ccccc1[C@@H]1Oc2ccccc2C2=C1[C@H](c1cccnc1)n1nnnc1N2. The summed E-state index contributed by atoms with van der Waals surface area (Å²) in [6.07, 6.45) is 3.35. The van der Waals surface area contributed by atoms with Crippen molar-refractivity contribution < 1.29 is 4.74 Å². The normalized spacial score (nSPS) is 19.2. The molecule has 0 fully saturated rings. The summed E-state index contributed by atoms with van der Waals surface area (Å²) in [5.41, 5.74) is 6.34. The summed E-state index contributed by atoms with van der Waals surface area (Å²) >= 11 is 0. The molecule has 0 radical (unpaired) electrons. The molecule has 2 atom stereocenters. The third kappa shape index (κ3) is 2.45. The molecule has 4 heterocycles. The largest absolute Gasteiger partial charge is 0.480 e. The summed E-state index contributed by atoms with van der Waals surface area (Å²) in [7, 11) is 0. The average Bonchev–Trinajstić information content (AvgIpc) is 3.26. The van der Waals surface area contributed by atoms with Gasteiger partial charge in [-0.15, -0.1) is 0 Å². The fourth-order valence-electron chi connectivity index (χ4n) is 4.34. The average molecular weight is 394 g/mol. The Balaban J connectivity index is 1.66. The molecule has 7 nitrogen and oxygen atoms in total. The van der Waals surface area contributed by atoms with E-state index < -0.39 is 0 Å². The number of nitrogens with one attached hydrogen (secondary N) is 1. The van der Waals surface area contributed by atoms with Gasteiger partial charge in [-0.25, -0.2) is 0 Å². The zero-order chi connectivity index (χ0) is 20.1. The van der Waals surface area contributed by atoms with Crippen LogP contribution in [0.2, 0.25) is 0 Å². The van der Waals surface area contributed by atoms with E-state index in [0.29, 0.717) is 5.95 Å². The minimum atomic E-state index is -0.286. The third-order valence-corrected chi connectivity index (χ3v) is 5.71. The van der Waals surface area contributed by atoms with Crippen LogP contribution in [-0.2, 0) is 0 Å². The van der Waals surface area contributed by atoms with Crippen molar-refractivity contribution in [3.63, 3.8) is 0 Å². The topological polar surface area (TPSA) is 77.8 Å². The lowest BCUT2D eigenvalue weighted by molar-refractivity contribution is 0.222. The van der Waals surface area contributed by atoms with Crippen molar-refractivity contribution >= 4 is 11.6 Å². The van der Waals surface area contributed by atoms with Gasteiger partial charge in [0.2, 0.25) is 5.95 Å². The van der Waals surface area contributed by atoms with Crippen LogP contribution < -0.4 is 10.1 Å². The summed E-state index contributed by atoms with van der Waals surface area (Å²) in [4.78, 5) is 4.35. The van der Waals surface area contributed by atoms with E-state index in [1.54, 1.807) is 10.9 Å². The molecular formula is C23H18N6O. The molecule has 146 valence electrons. The Morgan fingerprint density at radius 1 is 1.00 bits per heavy atom. The number of benzene rings is 2. The highest BCUT2D eigenvalue weighted by Crippen LogP contribution is 2.50. The number of hydrogen-bond donors (Lipinski definition) is 1. The molecule has 0 saturated carbocycles. The molecule has 2 aromatic heterocycles. The molecule has 7 heteroatoms. The first kappa shape index (κ1) is 16.9. The van der Waals surface area contributed by atoms with Crippen molar-refractivity contribution in [3.05, 3.63) is 101 Å². The van der Waals surface area contributed by atoms with Crippen molar-refractivity contribution in [1.82, 2.24) is 25.2 Å². The Morgan fingerprint density at radius 2 is 1.87 bits per heavy atom. The molecule has 0 saturated heterocycles. The van der Waals surface area contributed by atoms with E-state index in [0.717, 1.165) is 33.7 Å². The molecule has 6 rings (SSSR count). The number of tetrazole rings is 1. The summed E-state index contributed by atoms with van der Waals surface area (Å²) in [5, 5.41) is 15.9. The molecule has 0 bridgehead atoms. The predicted molar refractivity (Wildman–Crippen MR) is 112 cm³/mol. The molecular weight excluding hydrogens is 376 g/mol. The molecule has 2 aromatic carbocycles. The van der Waals surface area contributed by atoms with E-state index in [9.17, 15) is 0 Å². The second-order valence-corrected chi connectivity index (χ2v) is 7.44. The Kier molecular flexibility index (Phi) is 3.67. The summed E-state index contributed by atoms with van der Waals surface area (Å²) < 4.78 is 8.42. The van der Waals surface area contributed by atoms with Gasteiger partial charge in [0.15, 0.2) is 0 Å². The minimum absolute atomic E-state index is 0.238. The standard InChI is InChI=1S/C23H18N6O/c1-14-7-2-3-9-16(14)22-19-20(17-10-4-5-11-18(17)30-22)25-23-26-27-28-29(23)21(19)15-8-6-12-24-13-15/h2-13,21-22H,1H3,(H,25,26,28)/t21-,22-/m0/s1. The number of pyridine rings is 1. The Morgan fingerprint density at radius 3 is 2.73 bits per heavy atom. The highest BCUT2D eigenvalue weighted by atomic mass is 16.5. The van der Waals surface area contributed by atoms with Crippen LogP contribution in [0.3, 0.4) is 0 Å². The van der Waals surface area contributed by atoms with Crippen molar-refractivity contribution in [2.75, 3.05) is 5.32 Å². The second-order valence-electron chi connectivity index (χ2n) is 7.44. The molecule has 0 spiro atoms. The quantitative estimate of drug-likeness (QED) is 0.555. The third-order valence-electron chi connectivity index (χ3n) is 5.71. The zero-order valence-corrected chi connectivity index (χ0v) is 16.2. The number of aromatic nitrogens is 5. The lowest BCUT2D eigenvalue weighted by Gasteiger charge is -2.38. The van der Waals surface area contributed by atoms with Crippen LogP contribution in [0, 0.1) is 6.92 Å². The molecule has 0 aliphatic carbocycles. The number of rotatable bonds is 2. The maximum atomic E-state index is 6.61. The number of aryl methyl sites for hydroxylation is 1. The van der Waals surface area contributed by atoms with Crippen LogP contribution in [0.4, 0.5) is 5.95 Å². The maximum Gasteiger partial charge on any atom is 0.248 e. The molecule has 4 aromatic rings. The van der Waals surface area contributed by atoms with Crippen LogP contribution in [0.15, 0.2) is 78.6 Å².